The molecule has 0 fully saturated rings. The first-order valence-electron chi connectivity index (χ1n) is 5.18. The van der Waals surface area contributed by atoms with Gasteiger partial charge in [-0.2, -0.15) is 0 Å². The van der Waals surface area contributed by atoms with Crippen LogP contribution in [0.15, 0.2) is 46.9 Å². The van der Waals surface area contributed by atoms with E-state index in [4.69, 9.17) is 17.3 Å². The highest BCUT2D eigenvalue weighted by Crippen LogP contribution is 2.23. The summed E-state index contributed by atoms with van der Waals surface area (Å²) in [5.41, 5.74) is 7.45. The molecule has 0 atom stereocenters. The third-order valence-electron chi connectivity index (χ3n) is 2.34. The van der Waals surface area contributed by atoms with Crippen LogP contribution in [-0.2, 0) is 0 Å². The van der Waals surface area contributed by atoms with Gasteiger partial charge in [0.2, 0.25) is 0 Å². The molecular weight excluding hydrogens is 316 g/mol. The zero-order valence-electron chi connectivity index (χ0n) is 9.28. The van der Waals surface area contributed by atoms with Gasteiger partial charge in [-0.15, -0.1) is 0 Å². The molecule has 0 aliphatic rings. The molecule has 0 aromatic heterocycles. The molecule has 0 unspecified atom stereocenters. The lowest BCUT2D eigenvalue weighted by Crippen LogP contribution is -2.11. The summed E-state index contributed by atoms with van der Waals surface area (Å²) in [7, 11) is 0. The summed E-state index contributed by atoms with van der Waals surface area (Å²) in [6.45, 7) is 0. The highest BCUT2D eigenvalue weighted by Gasteiger charge is 2.07. The molecule has 2 rings (SSSR count). The molecule has 0 saturated carbocycles. The number of amides is 1. The predicted octanol–water partition coefficient (Wildman–Crippen LogP) is 3.94. The van der Waals surface area contributed by atoms with Gasteiger partial charge in [0.1, 0.15) is 0 Å². The molecule has 0 aliphatic heterocycles. The van der Waals surface area contributed by atoms with E-state index in [0.29, 0.717) is 22.0 Å². The van der Waals surface area contributed by atoms with E-state index in [1.165, 1.54) is 0 Å². The van der Waals surface area contributed by atoms with Crippen LogP contribution < -0.4 is 11.1 Å². The average molecular weight is 326 g/mol. The highest BCUT2D eigenvalue weighted by atomic mass is 79.9. The number of carbonyl (C=O) groups excluding carboxylic acids is 1. The van der Waals surface area contributed by atoms with Crippen molar-refractivity contribution in [2.45, 2.75) is 0 Å². The molecule has 3 nitrogen and oxygen atoms in total. The summed E-state index contributed by atoms with van der Waals surface area (Å²) in [5, 5.41) is 3.28. The van der Waals surface area contributed by atoms with E-state index in [1.54, 1.807) is 42.5 Å². The normalized spacial score (nSPS) is 10.1. The Morgan fingerprint density at radius 1 is 1.22 bits per heavy atom. The topological polar surface area (TPSA) is 55.1 Å². The summed E-state index contributed by atoms with van der Waals surface area (Å²) in [6.07, 6.45) is 0. The monoisotopic (exact) mass is 324 g/mol. The van der Waals surface area contributed by atoms with E-state index in [2.05, 4.69) is 21.2 Å². The summed E-state index contributed by atoms with van der Waals surface area (Å²) in [5.74, 6) is -0.223. The van der Waals surface area contributed by atoms with Gasteiger partial charge in [-0.3, -0.25) is 4.79 Å². The SMILES string of the molecule is Nc1cc(NC(=O)c2cccc(Cl)c2)ccc1Br. The third-order valence-corrected chi connectivity index (χ3v) is 3.30. The van der Waals surface area contributed by atoms with Crippen molar-refractivity contribution in [3.8, 4) is 0 Å². The van der Waals surface area contributed by atoms with Crippen LogP contribution in [0.1, 0.15) is 10.4 Å². The standard InChI is InChI=1S/C13H10BrClN2O/c14-11-5-4-10(7-12(11)16)17-13(18)8-2-1-3-9(15)6-8/h1-7H,16H2,(H,17,18). The number of halogens is 2. The van der Waals surface area contributed by atoms with Crippen LogP contribution in [0.4, 0.5) is 11.4 Å². The molecule has 18 heavy (non-hydrogen) atoms. The van der Waals surface area contributed by atoms with Crippen LogP contribution in [-0.4, -0.2) is 5.91 Å². The quantitative estimate of drug-likeness (QED) is 0.822. The summed E-state index contributed by atoms with van der Waals surface area (Å²) >= 11 is 9.13. The molecule has 92 valence electrons. The molecule has 0 saturated heterocycles. The smallest absolute Gasteiger partial charge is 0.255 e. The van der Waals surface area contributed by atoms with Crippen molar-refractivity contribution < 1.29 is 4.79 Å². The lowest BCUT2D eigenvalue weighted by molar-refractivity contribution is 0.102. The molecule has 1 amide bonds. The van der Waals surface area contributed by atoms with Gasteiger partial charge in [0.25, 0.3) is 5.91 Å². The Balaban J connectivity index is 2.18. The molecular formula is C13H10BrClN2O. The fraction of sp³-hybridized carbons (Fsp3) is 0. The molecule has 0 spiro atoms. The molecule has 0 bridgehead atoms. The first kappa shape index (κ1) is 12.9. The number of rotatable bonds is 2. The van der Waals surface area contributed by atoms with Gasteiger partial charge in [0.15, 0.2) is 0 Å². The number of benzene rings is 2. The van der Waals surface area contributed by atoms with Gasteiger partial charge in [-0.05, 0) is 52.3 Å². The van der Waals surface area contributed by atoms with Crippen molar-refractivity contribution >= 4 is 44.8 Å². The number of hydrogen-bond donors (Lipinski definition) is 2. The van der Waals surface area contributed by atoms with Crippen molar-refractivity contribution in [3.63, 3.8) is 0 Å². The van der Waals surface area contributed by atoms with Crippen molar-refractivity contribution in [1.82, 2.24) is 0 Å². The van der Waals surface area contributed by atoms with Crippen LogP contribution in [0.5, 0.6) is 0 Å². The van der Waals surface area contributed by atoms with Crippen LogP contribution in [0.3, 0.4) is 0 Å². The maximum absolute atomic E-state index is 11.9. The molecule has 2 aromatic rings. The van der Waals surface area contributed by atoms with Gasteiger partial charge in [0.05, 0.1) is 0 Å². The Hall–Kier alpha value is -1.52. The largest absolute Gasteiger partial charge is 0.398 e. The second-order valence-corrected chi connectivity index (χ2v) is 4.99. The minimum atomic E-state index is -0.223. The predicted molar refractivity (Wildman–Crippen MR) is 78.0 cm³/mol. The van der Waals surface area contributed by atoms with E-state index < -0.39 is 0 Å². The minimum absolute atomic E-state index is 0.223. The van der Waals surface area contributed by atoms with Gasteiger partial charge < -0.3 is 11.1 Å². The minimum Gasteiger partial charge on any atom is -0.398 e. The zero-order valence-corrected chi connectivity index (χ0v) is 11.6. The van der Waals surface area contributed by atoms with Crippen molar-refractivity contribution in [3.05, 3.63) is 57.5 Å². The number of nitrogen functional groups attached to an aromatic ring is 1. The molecule has 5 heteroatoms. The fourth-order valence-electron chi connectivity index (χ4n) is 1.45. The van der Waals surface area contributed by atoms with E-state index in [1.807, 2.05) is 0 Å². The number of carbonyl (C=O) groups is 1. The lowest BCUT2D eigenvalue weighted by atomic mass is 10.2. The number of nitrogens with two attached hydrogens (primary N) is 1. The van der Waals surface area contributed by atoms with Crippen LogP contribution >= 0.6 is 27.5 Å². The van der Waals surface area contributed by atoms with Crippen molar-refractivity contribution in [2.24, 2.45) is 0 Å². The Morgan fingerprint density at radius 3 is 2.67 bits per heavy atom. The lowest BCUT2D eigenvalue weighted by Gasteiger charge is -2.07. The average Bonchev–Trinajstić information content (AvgIpc) is 2.34. The van der Waals surface area contributed by atoms with E-state index in [-0.39, 0.29) is 5.91 Å². The van der Waals surface area contributed by atoms with Crippen LogP contribution in [0.2, 0.25) is 5.02 Å². The van der Waals surface area contributed by atoms with Crippen molar-refractivity contribution in [1.29, 1.82) is 0 Å². The van der Waals surface area contributed by atoms with E-state index in [0.717, 1.165) is 4.47 Å². The first-order valence-corrected chi connectivity index (χ1v) is 6.35. The Kier molecular flexibility index (Phi) is 3.89. The van der Waals surface area contributed by atoms with Gasteiger partial charge in [0, 0.05) is 26.4 Å². The number of anilines is 2. The second-order valence-electron chi connectivity index (χ2n) is 3.70. The molecule has 0 aliphatic carbocycles. The zero-order chi connectivity index (χ0) is 13.1. The van der Waals surface area contributed by atoms with Gasteiger partial charge in [-0.1, -0.05) is 17.7 Å². The Morgan fingerprint density at radius 2 is 2.00 bits per heavy atom. The maximum Gasteiger partial charge on any atom is 0.255 e. The maximum atomic E-state index is 11.9. The van der Waals surface area contributed by atoms with E-state index >= 15 is 0 Å². The molecule has 3 N–H and O–H groups in total. The van der Waals surface area contributed by atoms with Gasteiger partial charge in [-0.25, -0.2) is 0 Å². The summed E-state index contributed by atoms with van der Waals surface area (Å²) < 4.78 is 0.795. The van der Waals surface area contributed by atoms with Crippen LogP contribution in [0.25, 0.3) is 0 Å². The van der Waals surface area contributed by atoms with Crippen LogP contribution in [0, 0.1) is 0 Å². The summed E-state index contributed by atoms with van der Waals surface area (Å²) in [4.78, 5) is 11.9. The molecule has 2 aromatic carbocycles. The highest BCUT2D eigenvalue weighted by molar-refractivity contribution is 9.10. The Labute approximate surface area is 118 Å². The van der Waals surface area contributed by atoms with Crippen molar-refractivity contribution in [2.75, 3.05) is 11.1 Å². The first-order chi connectivity index (χ1) is 8.56. The molecule has 0 heterocycles. The second kappa shape index (κ2) is 5.42. The Bertz CT molecular complexity index is 601. The fourth-order valence-corrected chi connectivity index (χ4v) is 1.89. The van der Waals surface area contributed by atoms with Gasteiger partial charge >= 0.3 is 0 Å². The van der Waals surface area contributed by atoms with E-state index in [9.17, 15) is 4.79 Å². The third kappa shape index (κ3) is 3.03. The summed E-state index contributed by atoms with van der Waals surface area (Å²) in [6, 6.07) is 12.0. The molecule has 0 radical (unpaired) electrons. The number of hydrogen-bond acceptors (Lipinski definition) is 2. The number of nitrogens with one attached hydrogen (secondary N) is 1.